The Balaban J connectivity index is 1.44. The first kappa shape index (κ1) is 18.1. The van der Waals surface area contributed by atoms with Crippen LogP contribution in [0.4, 0.5) is 10.1 Å². The van der Waals surface area contributed by atoms with Gasteiger partial charge in [0.1, 0.15) is 12.2 Å². The van der Waals surface area contributed by atoms with Gasteiger partial charge in [-0.2, -0.15) is 0 Å². The Bertz CT molecular complexity index is 759. The molecule has 5 nitrogen and oxygen atoms in total. The van der Waals surface area contributed by atoms with Gasteiger partial charge in [0, 0.05) is 38.4 Å². The molecule has 1 N–H and O–H groups in total. The number of halogens is 1. The van der Waals surface area contributed by atoms with Crippen molar-refractivity contribution in [1.29, 1.82) is 0 Å². The van der Waals surface area contributed by atoms with Gasteiger partial charge in [-0.05, 0) is 23.8 Å². The van der Waals surface area contributed by atoms with E-state index in [1.165, 1.54) is 23.8 Å². The summed E-state index contributed by atoms with van der Waals surface area (Å²) in [5, 5.41) is 2.56. The number of benzene rings is 2. The number of carbonyl (C=O) groups is 2. The molecular weight excluding hydrogens is 333 g/mol. The summed E-state index contributed by atoms with van der Waals surface area (Å²) in [6.07, 6.45) is -0.227. The molecule has 26 heavy (non-hydrogen) atoms. The van der Waals surface area contributed by atoms with Crippen molar-refractivity contribution in [3.8, 4) is 0 Å². The van der Waals surface area contributed by atoms with Crippen molar-refractivity contribution < 1.29 is 14.0 Å². The largest absolute Gasteiger partial charge is 0.340 e. The van der Waals surface area contributed by atoms with Crippen LogP contribution in [-0.2, 0) is 16.1 Å². The lowest BCUT2D eigenvalue weighted by molar-refractivity contribution is -0.136. The minimum atomic E-state index is -0.427. The Hall–Kier alpha value is -2.73. The number of hydrogen-bond acceptors (Lipinski definition) is 3. The molecular formula is C20H22FN3O2. The molecule has 1 fully saturated rings. The van der Waals surface area contributed by atoms with Crippen LogP contribution in [0.2, 0.25) is 0 Å². The van der Waals surface area contributed by atoms with Gasteiger partial charge in [0.25, 0.3) is 0 Å². The molecule has 0 radical (unpaired) electrons. The lowest BCUT2D eigenvalue weighted by atomic mass is 10.2. The summed E-state index contributed by atoms with van der Waals surface area (Å²) < 4.78 is 13.1. The van der Waals surface area contributed by atoms with Crippen LogP contribution in [0.5, 0.6) is 0 Å². The maximum absolute atomic E-state index is 13.1. The molecule has 1 saturated heterocycles. The van der Waals surface area contributed by atoms with Crippen LogP contribution >= 0.6 is 0 Å². The number of carbonyl (C=O) groups excluding carboxylic acids is 2. The fourth-order valence-corrected chi connectivity index (χ4v) is 3.02. The molecule has 6 heteroatoms. The number of amides is 2. The highest BCUT2D eigenvalue weighted by Crippen LogP contribution is 2.11. The van der Waals surface area contributed by atoms with Crippen LogP contribution in [0.3, 0.4) is 0 Å². The molecule has 2 aromatic rings. The zero-order chi connectivity index (χ0) is 18.4. The second kappa shape index (κ2) is 8.58. The third kappa shape index (κ3) is 5.13. The number of nitrogens with zero attached hydrogens (tertiary/aromatic N) is 2. The van der Waals surface area contributed by atoms with Gasteiger partial charge in [-0.1, -0.05) is 36.4 Å². The molecule has 1 aliphatic rings. The number of rotatable bonds is 5. The molecule has 1 heterocycles. The Morgan fingerprint density at radius 1 is 0.962 bits per heavy atom. The van der Waals surface area contributed by atoms with Crippen molar-refractivity contribution in [2.75, 3.05) is 31.5 Å². The van der Waals surface area contributed by atoms with Gasteiger partial charge in [0.2, 0.25) is 11.8 Å². The van der Waals surface area contributed by atoms with Crippen LogP contribution in [-0.4, -0.2) is 47.8 Å². The fraction of sp³-hybridized carbons (Fsp3) is 0.300. The first-order valence-electron chi connectivity index (χ1n) is 8.69. The summed E-state index contributed by atoms with van der Waals surface area (Å²) in [5.74, 6) is -1.05. The SMILES string of the molecule is O=C(CC(=O)N1CCN(Cc2ccccc2)CC1)Nc1cccc(F)c1. The van der Waals surface area contributed by atoms with Gasteiger partial charge in [-0.15, -0.1) is 0 Å². The van der Waals surface area contributed by atoms with E-state index in [-0.39, 0.29) is 12.3 Å². The molecule has 2 amide bonds. The molecule has 0 aliphatic carbocycles. The third-order valence-corrected chi connectivity index (χ3v) is 4.39. The van der Waals surface area contributed by atoms with E-state index >= 15 is 0 Å². The van der Waals surface area contributed by atoms with E-state index < -0.39 is 11.7 Å². The standard InChI is InChI=1S/C20H22FN3O2/c21-17-7-4-8-18(13-17)22-19(25)14-20(26)24-11-9-23(10-12-24)15-16-5-2-1-3-6-16/h1-8,13H,9-12,14-15H2,(H,22,25). The van der Waals surface area contributed by atoms with Crippen LogP contribution in [0.15, 0.2) is 54.6 Å². The Morgan fingerprint density at radius 2 is 1.69 bits per heavy atom. The second-order valence-electron chi connectivity index (χ2n) is 6.38. The predicted molar refractivity (Wildman–Crippen MR) is 97.9 cm³/mol. The molecule has 0 saturated carbocycles. The van der Waals surface area contributed by atoms with E-state index in [9.17, 15) is 14.0 Å². The second-order valence-corrected chi connectivity index (χ2v) is 6.38. The van der Waals surface area contributed by atoms with Crippen molar-refractivity contribution >= 4 is 17.5 Å². The number of piperazine rings is 1. The average Bonchev–Trinajstić information content (AvgIpc) is 2.63. The highest BCUT2D eigenvalue weighted by Gasteiger charge is 2.22. The summed E-state index contributed by atoms with van der Waals surface area (Å²) >= 11 is 0. The Kier molecular flexibility index (Phi) is 5.96. The average molecular weight is 355 g/mol. The quantitative estimate of drug-likeness (QED) is 0.839. The topological polar surface area (TPSA) is 52.7 Å². The van der Waals surface area contributed by atoms with E-state index in [4.69, 9.17) is 0 Å². The number of hydrogen-bond donors (Lipinski definition) is 1. The molecule has 0 spiro atoms. The maximum atomic E-state index is 13.1. The van der Waals surface area contributed by atoms with Crippen LogP contribution in [0.25, 0.3) is 0 Å². The normalized spacial score (nSPS) is 14.9. The minimum absolute atomic E-state index is 0.196. The fourth-order valence-electron chi connectivity index (χ4n) is 3.02. The highest BCUT2D eigenvalue weighted by atomic mass is 19.1. The minimum Gasteiger partial charge on any atom is -0.340 e. The molecule has 136 valence electrons. The number of anilines is 1. The van der Waals surface area contributed by atoms with Crippen molar-refractivity contribution in [3.63, 3.8) is 0 Å². The third-order valence-electron chi connectivity index (χ3n) is 4.39. The van der Waals surface area contributed by atoms with Crippen LogP contribution in [0, 0.1) is 5.82 Å². The van der Waals surface area contributed by atoms with Gasteiger partial charge in [-0.25, -0.2) is 4.39 Å². The molecule has 0 aromatic heterocycles. The van der Waals surface area contributed by atoms with E-state index in [1.807, 2.05) is 18.2 Å². The van der Waals surface area contributed by atoms with Crippen LogP contribution in [0.1, 0.15) is 12.0 Å². The Labute approximate surface area is 152 Å². The molecule has 2 aromatic carbocycles. The summed E-state index contributed by atoms with van der Waals surface area (Å²) in [4.78, 5) is 28.3. The summed E-state index contributed by atoms with van der Waals surface area (Å²) in [5.41, 5.74) is 1.61. The van der Waals surface area contributed by atoms with E-state index in [2.05, 4.69) is 22.3 Å². The monoisotopic (exact) mass is 355 g/mol. The first-order valence-corrected chi connectivity index (χ1v) is 8.69. The zero-order valence-corrected chi connectivity index (χ0v) is 14.5. The highest BCUT2D eigenvalue weighted by molar-refractivity contribution is 6.03. The maximum Gasteiger partial charge on any atom is 0.233 e. The molecule has 1 aliphatic heterocycles. The van der Waals surface area contributed by atoms with Gasteiger partial charge >= 0.3 is 0 Å². The van der Waals surface area contributed by atoms with E-state index in [0.717, 1.165) is 19.6 Å². The van der Waals surface area contributed by atoms with Crippen molar-refractivity contribution in [2.24, 2.45) is 0 Å². The van der Waals surface area contributed by atoms with Crippen molar-refractivity contribution in [3.05, 3.63) is 66.0 Å². The lowest BCUT2D eigenvalue weighted by Gasteiger charge is -2.34. The van der Waals surface area contributed by atoms with Gasteiger partial charge in [0.15, 0.2) is 0 Å². The van der Waals surface area contributed by atoms with Gasteiger partial charge in [0.05, 0.1) is 0 Å². The lowest BCUT2D eigenvalue weighted by Crippen LogP contribution is -2.48. The summed E-state index contributed by atoms with van der Waals surface area (Å²) in [6.45, 7) is 3.65. The van der Waals surface area contributed by atoms with Crippen LogP contribution < -0.4 is 5.32 Å². The molecule has 0 unspecified atom stereocenters. The molecule has 3 rings (SSSR count). The first-order chi connectivity index (χ1) is 12.6. The summed E-state index contributed by atoms with van der Waals surface area (Å²) in [6, 6.07) is 15.9. The molecule has 0 bridgehead atoms. The molecule has 0 atom stereocenters. The predicted octanol–water partition coefficient (Wildman–Crippen LogP) is 2.50. The van der Waals surface area contributed by atoms with E-state index in [0.29, 0.717) is 18.8 Å². The zero-order valence-electron chi connectivity index (χ0n) is 14.5. The Morgan fingerprint density at radius 3 is 2.38 bits per heavy atom. The van der Waals surface area contributed by atoms with Crippen molar-refractivity contribution in [1.82, 2.24) is 9.80 Å². The van der Waals surface area contributed by atoms with Gasteiger partial charge < -0.3 is 10.2 Å². The van der Waals surface area contributed by atoms with Crippen molar-refractivity contribution in [2.45, 2.75) is 13.0 Å². The summed E-state index contributed by atoms with van der Waals surface area (Å²) in [7, 11) is 0. The van der Waals surface area contributed by atoms with E-state index in [1.54, 1.807) is 11.0 Å². The van der Waals surface area contributed by atoms with Gasteiger partial charge in [-0.3, -0.25) is 14.5 Å². The smallest absolute Gasteiger partial charge is 0.233 e. The number of nitrogens with one attached hydrogen (secondary N) is 1.